The molecule has 1 N–H and O–H groups in total. The number of amides is 1. The van der Waals surface area contributed by atoms with E-state index in [9.17, 15) is 18.0 Å². The average molecular weight is 656 g/mol. The molecular formula is C35H49N3O7S. The van der Waals surface area contributed by atoms with Crippen LogP contribution in [0.2, 0.25) is 0 Å². The third-order valence-corrected chi connectivity index (χ3v) is 8.91. The Morgan fingerprint density at radius 1 is 0.913 bits per heavy atom. The summed E-state index contributed by atoms with van der Waals surface area (Å²) in [6, 6.07) is 15.6. The Bertz CT molecular complexity index is 1550. The van der Waals surface area contributed by atoms with E-state index in [-0.39, 0.29) is 28.6 Å². The van der Waals surface area contributed by atoms with Gasteiger partial charge in [0.05, 0.1) is 12.0 Å². The molecule has 1 unspecified atom stereocenters. The van der Waals surface area contributed by atoms with E-state index >= 15 is 0 Å². The molecule has 2 aromatic heterocycles. The monoisotopic (exact) mass is 655 g/mol. The topological polar surface area (TPSA) is 128 Å². The van der Waals surface area contributed by atoms with Crippen molar-refractivity contribution in [3.63, 3.8) is 0 Å². The van der Waals surface area contributed by atoms with Crippen LogP contribution in [-0.2, 0) is 36.1 Å². The first-order valence-electron chi connectivity index (χ1n) is 15.6. The molecule has 2 heterocycles. The van der Waals surface area contributed by atoms with Gasteiger partial charge in [0.1, 0.15) is 23.6 Å². The number of carbonyl (C=O) groups is 2. The molecule has 0 aliphatic heterocycles. The van der Waals surface area contributed by atoms with Crippen molar-refractivity contribution >= 4 is 27.7 Å². The maximum atomic E-state index is 13.9. The number of unbranched alkanes of at least 4 members (excludes halogenated alkanes) is 1. The van der Waals surface area contributed by atoms with Crippen molar-refractivity contribution in [1.82, 2.24) is 10.3 Å². The zero-order valence-corrected chi connectivity index (χ0v) is 29.4. The van der Waals surface area contributed by atoms with Crippen molar-refractivity contribution in [1.29, 1.82) is 0 Å². The fraction of sp³-hybridized carbons (Fsp3) is 0.514. The third-order valence-electron chi connectivity index (χ3n) is 7.09. The molecule has 0 aliphatic carbocycles. The van der Waals surface area contributed by atoms with Gasteiger partial charge in [-0.15, -0.1) is 0 Å². The molecule has 0 saturated carbocycles. The van der Waals surface area contributed by atoms with E-state index in [0.717, 1.165) is 29.7 Å². The Labute approximate surface area is 273 Å². The first-order chi connectivity index (χ1) is 21.3. The first-order valence-corrected chi connectivity index (χ1v) is 17.2. The number of nitrogens with zero attached hydrogens (tertiary/aromatic N) is 2. The minimum absolute atomic E-state index is 0.0246. The standard InChI is InChI=1S/C35H49N3O7S/c1-10-11-21-35(8,9)26-19-17-25(18-20-26)23-36-31(46(41,42)30-16-13-22-43-30)27-14-12-15-28(37-27)38(32(40)45-34(5,6)7)24-29(39)44-33(2,3)4/h12-20,22,31,36H,10-11,21,23-24H2,1-9H3. The van der Waals surface area contributed by atoms with Gasteiger partial charge in [-0.2, -0.15) is 0 Å². The number of nitrogens with one attached hydrogen (secondary N) is 1. The van der Waals surface area contributed by atoms with Crippen LogP contribution in [0.25, 0.3) is 0 Å². The molecule has 0 aliphatic rings. The van der Waals surface area contributed by atoms with Crippen LogP contribution in [-0.4, -0.2) is 43.2 Å². The molecular weight excluding hydrogens is 606 g/mol. The lowest BCUT2D eigenvalue weighted by Crippen LogP contribution is -2.42. The number of anilines is 1. The van der Waals surface area contributed by atoms with Crippen molar-refractivity contribution in [2.24, 2.45) is 0 Å². The van der Waals surface area contributed by atoms with Crippen LogP contribution < -0.4 is 10.2 Å². The summed E-state index contributed by atoms with van der Waals surface area (Å²) in [5.41, 5.74) is 0.563. The van der Waals surface area contributed by atoms with Crippen molar-refractivity contribution in [2.75, 3.05) is 11.4 Å². The van der Waals surface area contributed by atoms with E-state index < -0.39 is 45.0 Å². The number of esters is 1. The van der Waals surface area contributed by atoms with E-state index in [4.69, 9.17) is 13.9 Å². The van der Waals surface area contributed by atoms with Crippen LogP contribution in [0.15, 0.2) is 70.4 Å². The summed E-state index contributed by atoms with van der Waals surface area (Å²) in [5, 5.41) is 1.56. The van der Waals surface area contributed by atoms with Crippen LogP contribution in [0, 0.1) is 0 Å². The average Bonchev–Trinajstić information content (AvgIpc) is 3.50. The molecule has 0 fully saturated rings. The van der Waals surface area contributed by atoms with Crippen LogP contribution in [0.3, 0.4) is 0 Å². The molecule has 11 heteroatoms. The number of aromatic nitrogens is 1. The van der Waals surface area contributed by atoms with Crippen molar-refractivity contribution < 1.29 is 31.9 Å². The van der Waals surface area contributed by atoms with Gasteiger partial charge in [-0.3, -0.25) is 15.0 Å². The summed E-state index contributed by atoms with van der Waals surface area (Å²) in [5.74, 6) is -0.650. The fourth-order valence-electron chi connectivity index (χ4n) is 4.76. The second kappa shape index (κ2) is 14.8. The Kier molecular flexibility index (Phi) is 11.8. The Hall–Kier alpha value is -3.70. The molecule has 1 amide bonds. The number of furan rings is 1. The van der Waals surface area contributed by atoms with E-state index in [2.05, 4.69) is 43.2 Å². The first kappa shape index (κ1) is 36.8. The molecule has 0 spiro atoms. The van der Waals surface area contributed by atoms with Crippen molar-refractivity contribution in [2.45, 2.75) is 115 Å². The van der Waals surface area contributed by atoms with Gasteiger partial charge in [-0.1, -0.05) is 63.9 Å². The van der Waals surface area contributed by atoms with Crippen LogP contribution in [0.5, 0.6) is 0 Å². The molecule has 46 heavy (non-hydrogen) atoms. The summed E-state index contributed by atoms with van der Waals surface area (Å²) in [6.45, 7) is 16.6. The van der Waals surface area contributed by atoms with Gasteiger partial charge in [0.25, 0.3) is 0 Å². The SMILES string of the molecule is CCCCC(C)(C)c1ccc(CNC(c2cccc(N(CC(=O)OC(C)(C)C)C(=O)OC(C)(C)C)n2)S(=O)(=O)c2ccco2)cc1. The number of hydrogen-bond acceptors (Lipinski definition) is 9. The highest BCUT2D eigenvalue weighted by atomic mass is 32.2. The number of pyridine rings is 1. The number of ether oxygens (including phenoxy) is 2. The summed E-state index contributed by atoms with van der Waals surface area (Å²) in [6.07, 6.45) is 3.79. The predicted octanol–water partition coefficient (Wildman–Crippen LogP) is 7.49. The molecule has 1 atom stereocenters. The molecule has 10 nitrogen and oxygen atoms in total. The second-order valence-corrected chi connectivity index (χ2v) is 16.0. The lowest BCUT2D eigenvalue weighted by molar-refractivity contribution is -0.153. The number of carbonyl (C=O) groups excluding carboxylic acids is 2. The van der Waals surface area contributed by atoms with E-state index in [0.29, 0.717) is 0 Å². The molecule has 0 radical (unpaired) electrons. The zero-order chi connectivity index (χ0) is 34.3. The van der Waals surface area contributed by atoms with Crippen molar-refractivity contribution in [3.8, 4) is 0 Å². The van der Waals surface area contributed by atoms with Gasteiger partial charge < -0.3 is 13.9 Å². The lowest BCUT2D eigenvalue weighted by atomic mass is 9.80. The molecule has 252 valence electrons. The molecule has 0 saturated heterocycles. The summed E-state index contributed by atoms with van der Waals surface area (Å²) in [7, 11) is -4.13. The largest absolute Gasteiger partial charge is 0.459 e. The molecule has 0 bridgehead atoms. The number of benzene rings is 1. The van der Waals surface area contributed by atoms with Gasteiger partial charge in [0.2, 0.25) is 14.9 Å². The second-order valence-electron chi connectivity index (χ2n) is 14.0. The van der Waals surface area contributed by atoms with Gasteiger partial charge >= 0.3 is 12.1 Å². The Morgan fingerprint density at radius 2 is 1.57 bits per heavy atom. The van der Waals surface area contributed by atoms with Crippen molar-refractivity contribution in [3.05, 3.63) is 77.7 Å². The summed E-state index contributed by atoms with van der Waals surface area (Å²) >= 11 is 0. The highest BCUT2D eigenvalue weighted by molar-refractivity contribution is 7.91. The van der Waals surface area contributed by atoms with Gasteiger partial charge in [0.15, 0.2) is 5.37 Å². The fourth-order valence-corrected chi connectivity index (χ4v) is 6.20. The minimum atomic E-state index is -4.13. The predicted molar refractivity (Wildman–Crippen MR) is 178 cm³/mol. The van der Waals surface area contributed by atoms with Gasteiger partial charge in [0, 0.05) is 6.54 Å². The van der Waals surface area contributed by atoms with E-state index in [1.807, 2.05) is 12.1 Å². The molecule has 1 aromatic carbocycles. The van der Waals surface area contributed by atoms with Crippen LogP contribution >= 0.6 is 0 Å². The number of sulfone groups is 1. The van der Waals surface area contributed by atoms with E-state index in [1.54, 1.807) is 53.7 Å². The van der Waals surface area contributed by atoms with Crippen LogP contribution in [0.4, 0.5) is 10.6 Å². The van der Waals surface area contributed by atoms with Crippen LogP contribution in [0.1, 0.15) is 104 Å². The molecule has 3 rings (SSSR count). The maximum Gasteiger partial charge on any atom is 0.416 e. The minimum Gasteiger partial charge on any atom is -0.459 e. The highest BCUT2D eigenvalue weighted by Gasteiger charge is 2.34. The Morgan fingerprint density at radius 3 is 2.13 bits per heavy atom. The third kappa shape index (κ3) is 10.4. The lowest BCUT2D eigenvalue weighted by Gasteiger charge is -2.28. The Balaban J connectivity index is 1.98. The normalized spacial score (nSPS) is 13.2. The number of hydrogen-bond donors (Lipinski definition) is 1. The highest BCUT2D eigenvalue weighted by Crippen LogP contribution is 2.31. The maximum absolute atomic E-state index is 13.9. The summed E-state index contributed by atoms with van der Waals surface area (Å²) in [4.78, 5) is 31.7. The number of rotatable bonds is 13. The van der Waals surface area contributed by atoms with Gasteiger partial charge in [-0.05, 0) is 88.8 Å². The van der Waals surface area contributed by atoms with E-state index in [1.165, 1.54) is 30.0 Å². The van der Waals surface area contributed by atoms with Gasteiger partial charge in [-0.25, -0.2) is 18.2 Å². The quantitative estimate of drug-likeness (QED) is 0.186. The smallest absolute Gasteiger partial charge is 0.416 e. The molecule has 3 aromatic rings. The summed E-state index contributed by atoms with van der Waals surface area (Å²) < 4.78 is 44.0. The zero-order valence-electron chi connectivity index (χ0n) is 28.5.